The van der Waals surface area contributed by atoms with Gasteiger partial charge in [0.1, 0.15) is 5.71 Å². The van der Waals surface area contributed by atoms with Crippen LogP contribution in [-0.4, -0.2) is 20.7 Å². The van der Waals surface area contributed by atoms with Gasteiger partial charge in [0.2, 0.25) is 0 Å². The van der Waals surface area contributed by atoms with Gasteiger partial charge in [-0.1, -0.05) is 18.2 Å². The maximum Gasteiger partial charge on any atom is 0.270 e. The van der Waals surface area contributed by atoms with Gasteiger partial charge < -0.3 is 5.73 Å². The normalized spacial score (nSPS) is 11.0. The second-order valence-corrected chi connectivity index (χ2v) is 4.40. The molecule has 7 nitrogen and oxygen atoms in total. The van der Waals surface area contributed by atoms with E-state index in [1.165, 1.54) is 12.1 Å². The average Bonchev–Trinajstić information content (AvgIpc) is 2.48. The number of aromatic nitrogens is 1. The Bertz CT molecular complexity index is 703. The van der Waals surface area contributed by atoms with Crippen LogP contribution >= 0.6 is 12.2 Å². The van der Waals surface area contributed by atoms with Crippen LogP contribution in [0.25, 0.3) is 0 Å². The summed E-state index contributed by atoms with van der Waals surface area (Å²) in [6.45, 7) is 0. The molecule has 2 aromatic rings. The second kappa shape index (κ2) is 6.53. The molecule has 0 aliphatic carbocycles. The summed E-state index contributed by atoms with van der Waals surface area (Å²) in [5.74, 6) is 0. The molecule has 0 fully saturated rings. The number of rotatable bonds is 4. The van der Waals surface area contributed by atoms with Crippen molar-refractivity contribution in [2.75, 3.05) is 0 Å². The molecule has 0 bridgehead atoms. The highest BCUT2D eigenvalue weighted by molar-refractivity contribution is 7.80. The van der Waals surface area contributed by atoms with Crippen molar-refractivity contribution >= 4 is 28.7 Å². The van der Waals surface area contributed by atoms with Gasteiger partial charge in [-0.05, 0) is 24.4 Å². The molecule has 0 saturated heterocycles. The molecule has 0 saturated carbocycles. The van der Waals surface area contributed by atoms with Crippen molar-refractivity contribution in [3.8, 4) is 0 Å². The first-order chi connectivity index (χ1) is 10.1. The van der Waals surface area contributed by atoms with Gasteiger partial charge in [0, 0.05) is 23.9 Å². The molecule has 21 heavy (non-hydrogen) atoms. The molecule has 2 rings (SSSR count). The van der Waals surface area contributed by atoms with Crippen molar-refractivity contribution in [2.45, 2.75) is 0 Å². The highest BCUT2D eigenvalue weighted by atomic mass is 32.1. The number of hydrogen-bond acceptors (Lipinski definition) is 5. The molecule has 0 spiro atoms. The molecule has 0 amide bonds. The highest BCUT2D eigenvalue weighted by Gasteiger charge is 2.13. The molecule has 0 aliphatic rings. The molecule has 8 heteroatoms. The average molecular weight is 301 g/mol. The third-order valence-electron chi connectivity index (χ3n) is 2.52. The quantitative estimate of drug-likeness (QED) is 0.384. The molecular weight excluding hydrogens is 290 g/mol. The van der Waals surface area contributed by atoms with Crippen LogP contribution in [0.2, 0.25) is 0 Å². The van der Waals surface area contributed by atoms with E-state index < -0.39 is 4.92 Å². The number of benzene rings is 1. The zero-order valence-corrected chi connectivity index (χ0v) is 11.6. The van der Waals surface area contributed by atoms with E-state index >= 15 is 0 Å². The third kappa shape index (κ3) is 3.80. The van der Waals surface area contributed by atoms with Crippen molar-refractivity contribution in [3.05, 3.63) is 70.0 Å². The molecule has 1 aromatic heterocycles. The number of thiocarbonyl (C=S) groups is 1. The van der Waals surface area contributed by atoms with Crippen LogP contribution < -0.4 is 11.2 Å². The van der Waals surface area contributed by atoms with E-state index in [-0.39, 0.29) is 10.8 Å². The number of nitro groups is 1. The van der Waals surface area contributed by atoms with Crippen LogP contribution in [0.15, 0.2) is 53.8 Å². The first kappa shape index (κ1) is 14.5. The topological polar surface area (TPSA) is 106 Å². The van der Waals surface area contributed by atoms with E-state index in [2.05, 4.69) is 15.5 Å². The Hall–Kier alpha value is -2.87. The van der Waals surface area contributed by atoms with Crippen LogP contribution in [-0.2, 0) is 0 Å². The molecule has 106 valence electrons. The van der Waals surface area contributed by atoms with Gasteiger partial charge in [0.05, 0.1) is 10.6 Å². The van der Waals surface area contributed by atoms with Gasteiger partial charge in [-0.15, -0.1) is 0 Å². The fourth-order valence-electron chi connectivity index (χ4n) is 1.65. The van der Waals surface area contributed by atoms with Crippen LogP contribution in [0.1, 0.15) is 11.3 Å². The van der Waals surface area contributed by atoms with Crippen molar-refractivity contribution in [3.63, 3.8) is 0 Å². The second-order valence-electron chi connectivity index (χ2n) is 3.96. The minimum atomic E-state index is -0.472. The van der Waals surface area contributed by atoms with Crippen molar-refractivity contribution in [1.82, 2.24) is 10.4 Å². The highest BCUT2D eigenvalue weighted by Crippen LogP contribution is 2.16. The number of nitrogens with zero attached hydrogens (tertiary/aromatic N) is 3. The van der Waals surface area contributed by atoms with Gasteiger partial charge in [-0.3, -0.25) is 20.5 Å². The van der Waals surface area contributed by atoms with E-state index in [0.717, 1.165) is 0 Å². The summed E-state index contributed by atoms with van der Waals surface area (Å²) in [5.41, 5.74) is 9.29. The lowest BCUT2D eigenvalue weighted by Gasteiger charge is -2.06. The molecule has 0 radical (unpaired) electrons. The van der Waals surface area contributed by atoms with E-state index in [0.29, 0.717) is 17.0 Å². The van der Waals surface area contributed by atoms with Crippen LogP contribution in [0.3, 0.4) is 0 Å². The van der Waals surface area contributed by atoms with Crippen LogP contribution in [0.4, 0.5) is 5.69 Å². The van der Waals surface area contributed by atoms with Gasteiger partial charge in [0.25, 0.3) is 5.69 Å². The Morgan fingerprint density at radius 1 is 1.33 bits per heavy atom. The minimum absolute atomic E-state index is 0.00568. The smallest absolute Gasteiger partial charge is 0.270 e. The molecule has 0 aliphatic heterocycles. The number of hydrogen-bond donors (Lipinski definition) is 2. The lowest BCUT2D eigenvalue weighted by Crippen LogP contribution is -2.26. The largest absolute Gasteiger partial charge is 0.375 e. The zero-order valence-electron chi connectivity index (χ0n) is 10.8. The Labute approximate surface area is 125 Å². The van der Waals surface area contributed by atoms with E-state index in [9.17, 15) is 10.1 Å². The fraction of sp³-hybridized carbons (Fsp3) is 0. The van der Waals surface area contributed by atoms with Gasteiger partial charge in [-0.25, -0.2) is 0 Å². The maximum atomic E-state index is 10.9. The van der Waals surface area contributed by atoms with Crippen LogP contribution in [0, 0.1) is 10.1 Å². The van der Waals surface area contributed by atoms with E-state index in [1.54, 1.807) is 36.5 Å². The first-order valence-electron chi connectivity index (χ1n) is 5.87. The maximum absolute atomic E-state index is 10.9. The summed E-state index contributed by atoms with van der Waals surface area (Å²) < 4.78 is 0. The Balaban J connectivity index is 2.50. The Morgan fingerprint density at radius 2 is 2.14 bits per heavy atom. The Kier molecular flexibility index (Phi) is 4.52. The summed E-state index contributed by atoms with van der Waals surface area (Å²) >= 11 is 4.71. The SMILES string of the molecule is NC(=S)NN=C(c1cccc([N+](=O)[O-])c1)c1ccccn1. The lowest BCUT2D eigenvalue weighted by atomic mass is 10.1. The summed E-state index contributed by atoms with van der Waals surface area (Å²) in [5, 5.41) is 14.9. The van der Waals surface area contributed by atoms with Crippen molar-refractivity contribution < 1.29 is 4.92 Å². The van der Waals surface area contributed by atoms with E-state index in [4.69, 9.17) is 18.0 Å². The van der Waals surface area contributed by atoms with Crippen molar-refractivity contribution in [1.29, 1.82) is 0 Å². The lowest BCUT2D eigenvalue weighted by molar-refractivity contribution is -0.384. The van der Waals surface area contributed by atoms with Gasteiger partial charge >= 0.3 is 0 Å². The van der Waals surface area contributed by atoms with Crippen LogP contribution in [0.5, 0.6) is 0 Å². The fourth-order valence-corrected chi connectivity index (χ4v) is 1.70. The summed E-state index contributed by atoms with van der Waals surface area (Å²) in [6, 6.07) is 11.4. The minimum Gasteiger partial charge on any atom is -0.375 e. The van der Waals surface area contributed by atoms with Gasteiger partial charge in [-0.2, -0.15) is 5.10 Å². The summed E-state index contributed by atoms with van der Waals surface area (Å²) in [4.78, 5) is 14.6. The van der Waals surface area contributed by atoms with E-state index in [1.807, 2.05) is 0 Å². The molecule has 0 unspecified atom stereocenters. The zero-order chi connectivity index (χ0) is 15.2. The molecule has 1 aromatic carbocycles. The summed E-state index contributed by atoms with van der Waals surface area (Å²) in [7, 11) is 0. The number of nitrogens with one attached hydrogen (secondary N) is 1. The van der Waals surface area contributed by atoms with Crippen molar-refractivity contribution in [2.24, 2.45) is 10.8 Å². The number of pyridine rings is 1. The molecule has 1 heterocycles. The standard InChI is InChI=1S/C13H11N5O2S/c14-13(21)17-16-12(11-6-1-2-7-15-11)9-4-3-5-10(8-9)18(19)20/h1-8H,(H3,14,17,21). The number of nitrogens with two attached hydrogens (primary N) is 1. The molecule has 3 N–H and O–H groups in total. The predicted octanol–water partition coefficient (Wildman–Crippen LogP) is 1.58. The predicted molar refractivity (Wildman–Crippen MR) is 82.9 cm³/mol. The Morgan fingerprint density at radius 3 is 2.76 bits per heavy atom. The number of hydrazone groups is 1. The first-order valence-corrected chi connectivity index (χ1v) is 6.28. The third-order valence-corrected chi connectivity index (χ3v) is 2.61. The molecular formula is C13H11N5O2S. The number of nitro benzene ring substituents is 1. The summed E-state index contributed by atoms with van der Waals surface area (Å²) in [6.07, 6.45) is 1.60. The number of non-ortho nitro benzene ring substituents is 1. The van der Waals surface area contributed by atoms with Gasteiger partial charge in [0.15, 0.2) is 5.11 Å². The monoisotopic (exact) mass is 301 g/mol. The molecule has 0 atom stereocenters.